The van der Waals surface area contributed by atoms with Crippen LogP contribution in [0.5, 0.6) is 0 Å². The maximum absolute atomic E-state index is 3.63. The van der Waals surface area contributed by atoms with Gasteiger partial charge in [-0.1, -0.05) is 26.3 Å². The van der Waals surface area contributed by atoms with E-state index in [0.717, 1.165) is 35.1 Å². The minimum atomic E-state index is 0.525. The summed E-state index contributed by atoms with van der Waals surface area (Å²) in [5.41, 5.74) is 1.42. The number of halogens is 2. The normalized spacial score (nSPS) is 20.2. The first kappa shape index (κ1) is 15.5. The van der Waals surface area contributed by atoms with E-state index in [2.05, 4.69) is 74.1 Å². The van der Waals surface area contributed by atoms with Gasteiger partial charge in [-0.25, -0.2) is 0 Å². The number of piperazine rings is 1. The van der Waals surface area contributed by atoms with E-state index in [1.807, 2.05) is 0 Å². The predicted octanol–water partition coefficient (Wildman–Crippen LogP) is 4.20. The van der Waals surface area contributed by atoms with E-state index < -0.39 is 0 Å². The summed E-state index contributed by atoms with van der Waals surface area (Å²) in [5, 5.41) is 3.44. The molecule has 106 valence electrons. The largest absolute Gasteiger partial charge is 0.314 e. The molecule has 2 nitrogen and oxygen atoms in total. The van der Waals surface area contributed by atoms with Gasteiger partial charge in [0, 0.05) is 41.2 Å². The third kappa shape index (κ3) is 3.81. The van der Waals surface area contributed by atoms with Crippen molar-refractivity contribution in [2.45, 2.75) is 26.3 Å². The minimum absolute atomic E-state index is 0.525. The predicted molar refractivity (Wildman–Crippen MR) is 88.5 cm³/mol. The van der Waals surface area contributed by atoms with Crippen molar-refractivity contribution >= 4 is 31.9 Å². The molecule has 1 N–H and O–H groups in total. The van der Waals surface area contributed by atoms with Crippen molar-refractivity contribution in [3.8, 4) is 0 Å². The van der Waals surface area contributed by atoms with E-state index >= 15 is 0 Å². The van der Waals surface area contributed by atoms with E-state index in [0.29, 0.717) is 12.0 Å². The molecule has 1 heterocycles. The monoisotopic (exact) mass is 388 g/mol. The molecule has 4 heteroatoms. The summed E-state index contributed by atoms with van der Waals surface area (Å²) in [6, 6.07) is 7.20. The lowest BCUT2D eigenvalue weighted by atomic mass is 9.90. The molecule has 1 aliphatic rings. The second-order valence-electron chi connectivity index (χ2n) is 5.29. The van der Waals surface area contributed by atoms with Crippen molar-refractivity contribution in [2.75, 3.05) is 26.2 Å². The summed E-state index contributed by atoms with van der Waals surface area (Å²) in [6.45, 7) is 9.14. The van der Waals surface area contributed by atoms with E-state index in [1.165, 1.54) is 12.0 Å². The number of benzene rings is 1. The van der Waals surface area contributed by atoms with Gasteiger partial charge >= 0.3 is 0 Å². The molecule has 0 bridgehead atoms. The number of hydrogen-bond donors (Lipinski definition) is 1. The summed E-state index contributed by atoms with van der Waals surface area (Å²) in [7, 11) is 0. The zero-order chi connectivity index (χ0) is 13.8. The van der Waals surface area contributed by atoms with Gasteiger partial charge in [0.05, 0.1) is 0 Å². The molecule has 0 amide bonds. The van der Waals surface area contributed by atoms with Gasteiger partial charge in [0.2, 0.25) is 0 Å². The molecule has 0 saturated carbocycles. The lowest BCUT2D eigenvalue weighted by Gasteiger charge is -2.38. The van der Waals surface area contributed by atoms with Crippen LogP contribution in [0.2, 0.25) is 0 Å². The molecule has 2 rings (SSSR count). The second kappa shape index (κ2) is 7.21. The van der Waals surface area contributed by atoms with Gasteiger partial charge in [-0.05, 0) is 55.5 Å². The Morgan fingerprint density at radius 3 is 2.47 bits per heavy atom. The summed E-state index contributed by atoms with van der Waals surface area (Å²) in [6.07, 6.45) is 1.21. The molecular weight excluding hydrogens is 368 g/mol. The summed E-state index contributed by atoms with van der Waals surface area (Å²) < 4.78 is 2.27. The van der Waals surface area contributed by atoms with Crippen LogP contribution in [0, 0.1) is 5.92 Å². The fraction of sp³-hybridized carbons (Fsp3) is 0.600. The highest BCUT2D eigenvalue weighted by Crippen LogP contribution is 2.34. The van der Waals surface area contributed by atoms with Crippen molar-refractivity contribution in [1.82, 2.24) is 10.2 Å². The van der Waals surface area contributed by atoms with Crippen LogP contribution in [0.15, 0.2) is 27.1 Å². The highest BCUT2D eigenvalue weighted by Gasteiger charge is 2.26. The van der Waals surface area contributed by atoms with Gasteiger partial charge in [-0.2, -0.15) is 0 Å². The Morgan fingerprint density at radius 2 is 1.89 bits per heavy atom. The maximum atomic E-state index is 3.63. The van der Waals surface area contributed by atoms with Gasteiger partial charge in [-0.15, -0.1) is 0 Å². The topological polar surface area (TPSA) is 15.3 Å². The Bertz CT molecular complexity index is 417. The fourth-order valence-electron chi connectivity index (χ4n) is 2.78. The molecule has 2 atom stereocenters. The molecule has 1 aliphatic heterocycles. The molecule has 1 aromatic rings. The van der Waals surface area contributed by atoms with Crippen LogP contribution in [0.4, 0.5) is 0 Å². The molecule has 0 radical (unpaired) electrons. The van der Waals surface area contributed by atoms with Crippen LogP contribution >= 0.6 is 31.9 Å². The molecule has 1 saturated heterocycles. The summed E-state index contributed by atoms with van der Waals surface area (Å²) >= 11 is 7.19. The molecule has 1 unspecified atom stereocenters. The van der Waals surface area contributed by atoms with Crippen LogP contribution < -0.4 is 5.32 Å². The number of nitrogens with zero attached hydrogens (tertiary/aromatic N) is 1. The van der Waals surface area contributed by atoms with Crippen LogP contribution in [0.25, 0.3) is 0 Å². The van der Waals surface area contributed by atoms with Crippen LogP contribution in [0.1, 0.15) is 31.9 Å². The zero-order valence-corrected chi connectivity index (χ0v) is 14.8. The Morgan fingerprint density at radius 1 is 1.21 bits per heavy atom. The lowest BCUT2D eigenvalue weighted by Crippen LogP contribution is -2.46. The number of nitrogens with one attached hydrogen (secondary N) is 1. The van der Waals surface area contributed by atoms with Crippen LogP contribution in [0.3, 0.4) is 0 Å². The zero-order valence-electron chi connectivity index (χ0n) is 11.6. The molecule has 19 heavy (non-hydrogen) atoms. The van der Waals surface area contributed by atoms with Crippen molar-refractivity contribution in [1.29, 1.82) is 0 Å². The summed E-state index contributed by atoms with van der Waals surface area (Å²) in [5.74, 6) is 0.672. The van der Waals surface area contributed by atoms with Crippen molar-refractivity contribution in [2.24, 2.45) is 5.92 Å². The van der Waals surface area contributed by atoms with Gasteiger partial charge in [0.1, 0.15) is 0 Å². The summed E-state index contributed by atoms with van der Waals surface area (Å²) in [4.78, 5) is 2.63. The van der Waals surface area contributed by atoms with Crippen molar-refractivity contribution in [3.63, 3.8) is 0 Å². The smallest absolute Gasteiger partial charge is 0.0375 e. The molecule has 1 fully saturated rings. The van der Waals surface area contributed by atoms with Crippen molar-refractivity contribution in [3.05, 3.63) is 32.7 Å². The Kier molecular flexibility index (Phi) is 5.87. The standard InChI is InChI=1S/C15H22Br2N2/c1-3-11(2)15(19-8-6-18-7-9-19)12-4-5-13(16)14(17)10-12/h4-5,10-11,15,18H,3,6-9H2,1-2H3/t11?,15-/m1/s1. The molecule has 1 aromatic carbocycles. The average Bonchev–Trinajstić information content (AvgIpc) is 2.44. The average molecular weight is 390 g/mol. The van der Waals surface area contributed by atoms with Gasteiger partial charge in [0.25, 0.3) is 0 Å². The molecule has 0 aromatic heterocycles. The number of hydrogen-bond acceptors (Lipinski definition) is 2. The Balaban J connectivity index is 2.27. The second-order valence-corrected chi connectivity index (χ2v) is 7.00. The first-order valence-electron chi connectivity index (χ1n) is 7.03. The van der Waals surface area contributed by atoms with E-state index in [-0.39, 0.29) is 0 Å². The van der Waals surface area contributed by atoms with Crippen LogP contribution in [-0.4, -0.2) is 31.1 Å². The Labute approximate surface area is 133 Å². The fourth-order valence-corrected chi connectivity index (χ4v) is 3.42. The first-order chi connectivity index (χ1) is 9.13. The molecule has 0 spiro atoms. The van der Waals surface area contributed by atoms with Gasteiger partial charge in [-0.3, -0.25) is 4.90 Å². The SMILES string of the molecule is CCC(C)[C@H](c1ccc(Br)c(Br)c1)N1CCNCC1. The third-order valence-electron chi connectivity index (χ3n) is 4.01. The molecule has 0 aliphatic carbocycles. The van der Waals surface area contributed by atoms with Gasteiger partial charge in [0.15, 0.2) is 0 Å². The van der Waals surface area contributed by atoms with Gasteiger partial charge < -0.3 is 5.32 Å². The van der Waals surface area contributed by atoms with E-state index in [1.54, 1.807) is 0 Å². The quantitative estimate of drug-likeness (QED) is 0.829. The van der Waals surface area contributed by atoms with E-state index in [9.17, 15) is 0 Å². The number of rotatable bonds is 4. The first-order valence-corrected chi connectivity index (χ1v) is 8.61. The van der Waals surface area contributed by atoms with Crippen LogP contribution in [-0.2, 0) is 0 Å². The highest BCUT2D eigenvalue weighted by atomic mass is 79.9. The maximum Gasteiger partial charge on any atom is 0.0375 e. The van der Waals surface area contributed by atoms with Crippen molar-refractivity contribution < 1.29 is 0 Å². The highest BCUT2D eigenvalue weighted by molar-refractivity contribution is 9.13. The lowest BCUT2D eigenvalue weighted by molar-refractivity contribution is 0.128. The Hall–Kier alpha value is 0.1000. The van der Waals surface area contributed by atoms with E-state index in [4.69, 9.17) is 0 Å². The minimum Gasteiger partial charge on any atom is -0.314 e. The molecular formula is C15H22Br2N2. The third-order valence-corrected chi connectivity index (χ3v) is 5.89.